The van der Waals surface area contributed by atoms with Crippen molar-refractivity contribution in [3.05, 3.63) is 46.0 Å². The number of rotatable bonds is 8. The lowest BCUT2D eigenvalue weighted by molar-refractivity contribution is -0.133. The van der Waals surface area contributed by atoms with Gasteiger partial charge in [-0.05, 0) is 26.0 Å². The number of nitrogens with one attached hydrogen (secondary N) is 1. The maximum Gasteiger partial charge on any atom is 0.270 e. The van der Waals surface area contributed by atoms with Crippen LogP contribution in [0.1, 0.15) is 24.5 Å². The molecular weight excluding hydrogens is 400 g/mol. The fourth-order valence-electron chi connectivity index (χ4n) is 3.17. The monoisotopic (exact) mass is 426 g/mol. The molecule has 0 bridgehead atoms. The molecule has 0 spiro atoms. The number of pyridine rings is 1. The van der Waals surface area contributed by atoms with Crippen molar-refractivity contribution < 1.29 is 14.3 Å². The van der Waals surface area contributed by atoms with Crippen LogP contribution < -0.4 is 15.2 Å². The van der Waals surface area contributed by atoms with Gasteiger partial charge >= 0.3 is 0 Å². The fraction of sp³-hybridized carbons (Fsp3) is 0.476. The van der Waals surface area contributed by atoms with Gasteiger partial charge in [0, 0.05) is 32.4 Å². The highest BCUT2D eigenvalue weighted by Crippen LogP contribution is 2.15. The minimum absolute atomic E-state index is 0.0511. The van der Waals surface area contributed by atoms with Crippen LogP contribution in [0, 0.1) is 18.3 Å². The van der Waals surface area contributed by atoms with E-state index < -0.39 is 0 Å². The Bertz CT molecular complexity index is 977. The second kappa shape index (κ2) is 10.5. The first-order valence-corrected chi connectivity index (χ1v) is 10.2. The second-order valence-electron chi connectivity index (χ2n) is 7.32. The Morgan fingerprint density at radius 2 is 2.06 bits per heavy atom. The van der Waals surface area contributed by atoms with E-state index in [2.05, 4.69) is 26.2 Å². The summed E-state index contributed by atoms with van der Waals surface area (Å²) in [7, 11) is 0. The largest absolute Gasteiger partial charge is 0.489 e. The van der Waals surface area contributed by atoms with Gasteiger partial charge in [-0.2, -0.15) is 10.4 Å². The van der Waals surface area contributed by atoms with Crippen LogP contribution >= 0.6 is 0 Å². The number of hydrogen-bond acceptors (Lipinski definition) is 8. The number of carbonyl (C=O) groups excluding carboxylic acids is 1. The van der Waals surface area contributed by atoms with E-state index in [-0.39, 0.29) is 24.2 Å². The molecule has 1 fully saturated rings. The van der Waals surface area contributed by atoms with E-state index in [4.69, 9.17) is 14.7 Å². The Kier molecular flexibility index (Phi) is 7.56. The summed E-state index contributed by atoms with van der Waals surface area (Å²) in [5.74, 6) is 1.29. The molecule has 31 heavy (non-hydrogen) atoms. The molecule has 0 radical (unpaired) electrons. The second-order valence-corrected chi connectivity index (χ2v) is 7.32. The van der Waals surface area contributed by atoms with Crippen molar-refractivity contribution in [1.29, 1.82) is 5.26 Å². The average molecular weight is 426 g/mol. The Hall–Kier alpha value is -3.45. The third-order valence-electron chi connectivity index (χ3n) is 5.08. The molecule has 2 aromatic heterocycles. The molecule has 164 valence electrons. The summed E-state index contributed by atoms with van der Waals surface area (Å²) in [5, 5.41) is 14.9. The Balaban J connectivity index is 1.36. The number of aromatic amines is 1. The Morgan fingerprint density at radius 1 is 1.29 bits per heavy atom. The van der Waals surface area contributed by atoms with Crippen LogP contribution in [0.3, 0.4) is 0 Å². The van der Waals surface area contributed by atoms with Crippen LogP contribution in [0.2, 0.25) is 0 Å². The van der Waals surface area contributed by atoms with Gasteiger partial charge in [0.15, 0.2) is 0 Å². The van der Waals surface area contributed by atoms with Crippen molar-refractivity contribution >= 4 is 11.7 Å². The number of ether oxygens (including phenoxy) is 2. The van der Waals surface area contributed by atoms with E-state index in [1.54, 1.807) is 19.2 Å². The van der Waals surface area contributed by atoms with Crippen LogP contribution in [0.25, 0.3) is 0 Å². The maximum atomic E-state index is 12.5. The molecule has 10 heteroatoms. The van der Waals surface area contributed by atoms with Gasteiger partial charge in [0.25, 0.3) is 5.56 Å². The van der Waals surface area contributed by atoms with Gasteiger partial charge in [0.2, 0.25) is 5.91 Å². The molecule has 1 saturated heterocycles. The lowest BCUT2D eigenvalue weighted by Gasteiger charge is -2.35. The van der Waals surface area contributed by atoms with Crippen molar-refractivity contribution in [3.63, 3.8) is 0 Å². The van der Waals surface area contributed by atoms with E-state index in [1.165, 1.54) is 6.20 Å². The fourth-order valence-corrected chi connectivity index (χ4v) is 3.17. The zero-order valence-corrected chi connectivity index (χ0v) is 17.7. The molecule has 3 rings (SSSR count). The van der Waals surface area contributed by atoms with E-state index in [0.29, 0.717) is 56.1 Å². The molecule has 0 aromatic carbocycles. The van der Waals surface area contributed by atoms with Gasteiger partial charge in [0.1, 0.15) is 24.2 Å². The smallest absolute Gasteiger partial charge is 0.270 e. The summed E-state index contributed by atoms with van der Waals surface area (Å²) in [4.78, 5) is 32.2. The van der Waals surface area contributed by atoms with Gasteiger partial charge < -0.3 is 19.3 Å². The van der Waals surface area contributed by atoms with Crippen molar-refractivity contribution in [2.45, 2.75) is 26.4 Å². The molecule has 2 aromatic rings. The van der Waals surface area contributed by atoms with Crippen LogP contribution in [0.5, 0.6) is 5.75 Å². The topological polar surface area (TPSA) is 124 Å². The van der Waals surface area contributed by atoms with Gasteiger partial charge in [-0.3, -0.25) is 9.59 Å². The van der Waals surface area contributed by atoms with Gasteiger partial charge in [-0.15, -0.1) is 0 Å². The zero-order chi connectivity index (χ0) is 22.2. The summed E-state index contributed by atoms with van der Waals surface area (Å²) in [5.41, 5.74) is 0.709. The van der Waals surface area contributed by atoms with E-state index >= 15 is 0 Å². The highest BCUT2D eigenvalue weighted by Gasteiger charge is 2.22. The van der Waals surface area contributed by atoms with E-state index in [1.807, 2.05) is 17.9 Å². The molecule has 1 aliphatic heterocycles. The van der Waals surface area contributed by atoms with Crippen LogP contribution in [0.4, 0.5) is 5.82 Å². The number of nitriles is 1. The van der Waals surface area contributed by atoms with Crippen LogP contribution in [-0.4, -0.2) is 71.5 Å². The highest BCUT2D eigenvalue weighted by atomic mass is 16.5. The molecule has 1 atom stereocenters. The standard InChI is InChI=1S/C21H26N6O4/c1-15(14-31-18-13-24-25-21(29)16(18)2)30-10-5-20(28)27-8-6-26(7-9-27)19-4-3-17(11-22)12-23-19/h3-4,12-13,15H,5-10,14H2,1-2H3,(H,25,29)/t15-/m1/s1. The number of aromatic nitrogens is 3. The third-order valence-corrected chi connectivity index (χ3v) is 5.08. The summed E-state index contributed by atoms with van der Waals surface area (Å²) in [6.07, 6.45) is 3.08. The highest BCUT2D eigenvalue weighted by molar-refractivity contribution is 5.76. The van der Waals surface area contributed by atoms with Gasteiger partial charge in [-0.1, -0.05) is 0 Å². The summed E-state index contributed by atoms with van der Waals surface area (Å²) in [6, 6.07) is 5.63. The van der Waals surface area contributed by atoms with Crippen LogP contribution in [-0.2, 0) is 9.53 Å². The zero-order valence-electron chi connectivity index (χ0n) is 17.7. The number of H-pyrrole nitrogens is 1. The summed E-state index contributed by atoms with van der Waals surface area (Å²) < 4.78 is 11.3. The molecule has 10 nitrogen and oxygen atoms in total. The van der Waals surface area contributed by atoms with Crippen molar-refractivity contribution in [1.82, 2.24) is 20.1 Å². The number of hydrogen-bond donors (Lipinski definition) is 1. The van der Waals surface area contributed by atoms with Crippen molar-refractivity contribution in [2.75, 3.05) is 44.3 Å². The molecule has 1 aliphatic rings. The van der Waals surface area contributed by atoms with Gasteiger partial charge in [-0.25, -0.2) is 10.1 Å². The first-order chi connectivity index (χ1) is 15.0. The molecule has 3 heterocycles. The first-order valence-electron chi connectivity index (χ1n) is 10.2. The molecule has 1 amide bonds. The average Bonchev–Trinajstić information content (AvgIpc) is 2.80. The van der Waals surface area contributed by atoms with Crippen molar-refractivity contribution in [2.24, 2.45) is 0 Å². The minimum Gasteiger partial charge on any atom is -0.489 e. The lowest BCUT2D eigenvalue weighted by atomic mass is 10.2. The maximum absolute atomic E-state index is 12.5. The molecule has 0 saturated carbocycles. The SMILES string of the molecule is Cc1c(OC[C@@H](C)OCCC(=O)N2CCN(c3ccc(C#N)cn3)CC2)cn[nH]c1=O. The Labute approximate surface area is 180 Å². The summed E-state index contributed by atoms with van der Waals surface area (Å²) >= 11 is 0. The first kappa shape index (κ1) is 22.2. The normalized spacial score (nSPS) is 14.7. The molecule has 0 unspecified atom stereocenters. The molecule has 1 N–H and O–H groups in total. The van der Waals surface area contributed by atoms with Crippen molar-refractivity contribution in [3.8, 4) is 11.8 Å². The molecular formula is C21H26N6O4. The minimum atomic E-state index is -0.285. The quantitative estimate of drug-likeness (QED) is 0.659. The van der Waals surface area contributed by atoms with E-state index in [9.17, 15) is 9.59 Å². The number of amides is 1. The predicted octanol–water partition coefficient (Wildman–Crippen LogP) is 0.868. The number of anilines is 1. The van der Waals surface area contributed by atoms with Gasteiger partial charge in [0.05, 0.1) is 36.5 Å². The van der Waals surface area contributed by atoms with E-state index in [0.717, 1.165) is 5.82 Å². The third kappa shape index (κ3) is 6.02. The number of carbonyl (C=O) groups is 1. The summed E-state index contributed by atoms with van der Waals surface area (Å²) in [6.45, 7) is 6.70. The van der Waals surface area contributed by atoms with Crippen LogP contribution in [0.15, 0.2) is 29.3 Å². The Morgan fingerprint density at radius 3 is 2.74 bits per heavy atom. The number of nitrogens with zero attached hydrogens (tertiary/aromatic N) is 5. The lowest BCUT2D eigenvalue weighted by Crippen LogP contribution is -2.49. The number of piperazine rings is 1. The predicted molar refractivity (Wildman–Crippen MR) is 113 cm³/mol. The molecule has 0 aliphatic carbocycles.